The average molecular weight is 465 g/mol. The second-order valence-electron chi connectivity index (χ2n) is 9.20. The highest BCUT2D eigenvalue weighted by Crippen LogP contribution is 2.51. The highest BCUT2D eigenvalue weighted by Gasteiger charge is 2.57. The van der Waals surface area contributed by atoms with Crippen molar-refractivity contribution in [3.8, 4) is 11.1 Å². The first-order valence-corrected chi connectivity index (χ1v) is 11.6. The van der Waals surface area contributed by atoms with E-state index in [9.17, 15) is 19.5 Å². The lowest BCUT2D eigenvalue weighted by Gasteiger charge is -2.29. The predicted octanol–water partition coefficient (Wildman–Crippen LogP) is 2.72. The summed E-state index contributed by atoms with van der Waals surface area (Å²) in [5.74, 6) is -1.23. The number of methoxy groups -OCH3 is 1. The molecule has 4 atom stereocenters. The number of carboxylic acid groups (broad SMARTS) is 1. The number of carbonyl (C=O) groups excluding carboxylic acids is 2. The molecular weight excluding hydrogens is 436 g/mol. The third-order valence-corrected chi connectivity index (χ3v) is 7.43. The van der Waals surface area contributed by atoms with Gasteiger partial charge in [-0.25, -0.2) is 4.79 Å². The van der Waals surface area contributed by atoms with Gasteiger partial charge in [0, 0.05) is 26.1 Å². The molecule has 1 saturated heterocycles. The van der Waals surface area contributed by atoms with E-state index in [1.54, 1.807) is 4.90 Å². The van der Waals surface area contributed by atoms with Crippen LogP contribution in [-0.4, -0.2) is 67.4 Å². The van der Waals surface area contributed by atoms with Crippen LogP contribution in [0, 0.1) is 17.8 Å². The number of nitrogens with one attached hydrogen (secondary N) is 1. The van der Waals surface area contributed by atoms with E-state index in [1.807, 2.05) is 24.3 Å². The Balaban J connectivity index is 1.14. The number of nitrogens with zero attached hydrogens (tertiary/aromatic N) is 1. The molecule has 2 N–H and O–H groups in total. The number of amides is 2. The van der Waals surface area contributed by atoms with E-state index in [-0.39, 0.29) is 42.7 Å². The lowest BCUT2D eigenvalue weighted by molar-refractivity contribution is -0.143. The third-order valence-electron chi connectivity index (χ3n) is 7.43. The fourth-order valence-electron chi connectivity index (χ4n) is 5.61. The van der Waals surface area contributed by atoms with Crippen molar-refractivity contribution in [2.75, 3.05) is 33.4 Å². The fourth-order valence-corrected chi connectivity index (χ4v) is 5.61. The summed E-state index contributed by atoms with van der Waals surface area (Å²) < 4.78 is 10.9. The lowest BCUT2D eigenvalue weighted by atomic mass is 9.98. The van der Waals surface area contributed by atoms with Crippen molar-refractivity contribution < 1.29 is 29.0 Å². The van der Waals surface area contributed by atoms with Gasteiger partial charge in [-0.2, -0.15) is 0 Å². The number of carbonyl (C=O) groups is 3. The molecule has 0 bridgehead atoms. The van der Waals surface area contributed by atoms with Crippen LogP contribution < -0.4 is 5.32 Å². The molecule has 3 aliphatic rings. The molecule has 0 aromatic heterocycles. The molecular formula is C26H28N2O6. The molecule has 2 aromatic carbocycles. The van der Waals surface area contributed by atoms with Gasteiger partial charge in [-0.15, -0.1) is 0 Å². The Labute approximate surface area is 197 Å². The van der Waals surface area contributed by atoms with Crippen LogP contribution in [0.4, 0.5) is 4.79 Å². The molecule has 5 rings (SSSR count). The van der Waals surface area contributed by atoms with Crippen LogP contribution in [0.25, 0.3) is 11.1 Å². The molecule has 4 unspecified atom stereocenters. The third kappa shape index (κ3) is 4.03. The monoisotopic (exact) mass is 464 g/mol. The largest absolute Gasteiger partial charge is 0.481 e. The van der Waals surface area contributed by atoms with Gasteiger partial charge in [-0.3, -0.25) is 9.59 Å². The molecule has 1 saturated carbocycles. The minimum absolute atomic E-state index is 0.0149. The molecule has 2 aliphatic carbocycles. The van der Waals surface area contributed by atoms with Crippen LogP contribution in [0.2, 0.25) is 0 Å². The number of piperidine rings is 1. The molecule has 8 nitrogen and oxygen atoms in total. The number of carboxylic acids is 1. The van der Waals surface area contributed by atoms with Crippen molar-refractivity contribution in [1.29, 1.82) is 0 Å². The van der Waals surface area contributed by atoms with Gasteiger partial charge in [-0.05, 0) is 40.5 Å². The van der Waals surface area contributed by atoms with Crippen LogP contribution in [0.1, 0.15) is 23.5 Å². The summed E-state index contributed by atoms with van der Waals surface area (Å²) >= 11 is 0. The minimum atomic E-state index is -0.848. The molecule has 178 valence electrons. The van der Waals surface area contributed by atoms with E-state index in [2.05, 4.69) is 29.6 Å². The molecule has 1 heterocycles. The maximum atomic E-state index is 12.9. The standard InChI is InChI=1S/C26H28N2O6/c1-33-22(24(29)28-11-10-19-20(13-28)23(19)25(30)31)12-27-26(32)34-14-21-17-8-4-2-6-15(17)16-7-3-5-9-18(16)21/h2-9,19-23H,10-14H2,1H3,(H,27,32)(H,30,31). The Hall–Kier alpha value is -3.39. The van der Waals surface area contributed by atoms with Crippen molar-refractivity contribution in [2.45, 2.75) is 18.4 Å². The number of aliphatic carboxylic acids is 1. The normalized spacial score (nSPS) is 23.3. The summed E-state index contributed by atoms with van der Waals surface area (Å²) in [7, 11) is 1.42. The van der Waals surface area contributed by atoms with E-state index < -0.39 is 18.2 Å². The maximum absolute atomic E-state index is 12.9. The zero-order valence-electron chi connectivity index (χ0n) is 19.0. The first-order chi connectivity index (χ1) is 16.5. The Bertz CT molecular complexity index is 1070. The summed E-state index contributed by atoms with van der Waals surface area (Å²) in [6, 6.07) is 16.2. The van der Waals surface area contributed by atoms with E-state index in [0.29, 0.717) is 19.5 Å². The number of likely N-dealkylation sites (tertiary alicyclic amines) is 1. The van der Waals surface area contributed by atoms with E-state index in [0.717, 1.165) is 22.3 Å². The number of hydrogen-bond acceptors (Lipinski definition) is 5. The summed E-state index contributed by atoms with van der Waals surface area (Å²) in [5, 5.41) is 11.9. The molecule has 0 radical (unpaired) electrons. The molecule has 2 amide bonds. The van der Waals surface area contributed by atoms with Gasteiger partial charge in [-0.1, -0.05) is 48.5 Å². The predicted molar refractivity (Wildman–Crippen MR) is 123 cm³/mol. The Morgan fingerprint density at radius 3 is 2.32 bits per heavy atom. The van der Waals surface area contributed by atoms with Gasteiger partial charge in [0.2, 0.25) is 0 Å². The van der Waals surface area contributed by atoms with Gasteiger partial charge < -0.3 is 24.8 Å². The van der Waals surface area contributed by atoms with Crippen LogP contribution in [0.3, 0.4) is 0 Å². The van der Waals surface area contributed by atoms with E-state index in [4.69, 9.17) is 9.47 Å². The van der Waals surface area contributed by atoms with Crippen LogP contribution >= 0.6 is 0 Å². The second kappa shape index (κ2) is 9.10. The summed E-state index contributed by atoms with van der Waals surface area (Å²) in [4.78, 5) is 38.3. The van der Waals surface area contributed by atoms with Crippen molar-refractivity contribution in [2.24, 2.45) is 17.8 Å². The molecule has 8 heteroatoms. The summed E-state index contributed by atoms with van der Waals surface area (Å²) in [5.41, 5.74) is 4.57. The highest BCUT2D eigenvalue weighted by atomic mass is 16.5. The van der Waals surface area contributed by atoms with E-state index >= 15 is 0 Å². The fraction of sp³-hybridized carbons (Fsp3) is 0.423. The van der Waals surface area contributed by atoms with Crippen molar-refractivity contribution in [3.05, 3.63) is 59.7 Å². The van der Waals surface area contributed by atoms with Crippen LogP contribution in [0.5, 0.6) is 0 Å². The van der Waals surface area contributed by atoms with Crippen LogP contribution in [0.15, 0.2) is 48.5 Å². The number of rotatable bonds is 7. The second-order valence-corrected chi connectivity index (χ2v) is 9.20. The topological polar surface area (TPSA) is 105 Å². The number of alkyl carbamates (subject to hydrolysis) is 1. The SMILES string of the molecule is COC(CNC(=O)OCC1c2ccccc2-c2ccccc21)C(=O)N1CCC2C(C1)C2C(=O)O. The highest BCUT2D eigenvalue weighted by molar-refractivity contribution is 5.83. The quantitative estimate of drug-likeness (QED) is 0.653. The number of hydrogen-bond donors (Lipinski definition) is 2. The average Bonchev–Trinajstić information content (AvgIpc) is 3.50. The number of fused-ring (bicyclic) bond motifs is 4. The molecule has 0 spiro atoms. The number of ether oxygens (including phenoxy) is 2. The van der Waals surface area contributed by atoms with Crippen molar-refractivity contribution in [3.63, 3.8) is 0 Å². The summed E-state index contributed by atoms with van der Waals surface area (Å²) in [6.07, 6.45) is -0.772. The van der Waals surface area contributed by atoms with Gasteiger partial charge in [0.1, 0.15) is 6.61 Å². The zero-order chi connectivity index (χ0) is 23.8. The molecule has 34 heavy (non-hydrogen) atoms. The maximum Gasteiger partial charge on any atom is 0.407 e. The van der Waals surface area contributed by atoms with Gasteiger partial charge in [0.05, 0.1) is 12.5 Å². The van der Waals surface area contributed by atoms with Gasteiger partial charge >= 0.3 is 12.1 Å². The molecule has 2 fully saturated rings. The molecule has 2 aromatic rings. The van der Waals surface area contributed by atoms with Gasteiger partial charge in [0.15, 0.2) is 6.10 Å². The smallest absolute Gasteiger partial charge is 0.407 e. The lowest BCUT2D eigenvalue weighted by Crippen LogP contribution is -2.48. The van der Waals surface area contributed by atoms with Crippen molar-refractivity contribution >= 4 is 18.0 Å². The first-order valence-electron chi connectivity index (χ1n) is 11.6. The number of benzene rings is 2. The zero-order valence-corrected chi connectivity index (χ0v) is 19.0. The molecule has 1 aliphatic heterocycles. The Morgan fingerprint density at radius 2 is 1.71 bits per heavy atom. The van der Waals surface area contributed by atoms with Gasteiger partial charge in [0.25, 0.3) is 5.91 Å². The first kappa shape index (κ1) is 22.4. The minimum Gasteiger partial charge on any atom is -0.481 e. The summed E-state index contributed by atoms with van der Waals surface area (Å²) in [6.45, 7) is 1.11. The van der Waals surface area contributed by atoms with Crippen molar-refractivity contribution in [1.82, 2.24) is 10.2 Å². The Morgan fingerprint density at radius 1 is 1.06 bits per heavy atom. The Kier molecular flexibility index (Phi) is 6.00. The van der Waals surface area contributed by atoms with Crippen LogP contribution in [-0.2, 0) is 19.1 Å². The van der Waals surface area contributed by atoms with E-state index in [1.165, 1.54) is 7.11 Å².